The molecular weight excluding hydrogens is 370 g/mol. The van der Waals surface area contributed by atoms with Crippen LogP contribution in [-0.2, 0) is 24.3 Å². The third-order valence-corrected chi connectivity index (χ3v) is 5.51. The Morgan fingerprint density at radius 3 is 2.61 bits per heavy atom. The van der Waals surface area contributed by atoms with Gasteiger partial charge in [0.25, 0.3) is 15.8 Å². The van der Waals surface area contributed by atoms with E-state index in [0.29, 0.717) is 10.6 Å². The number of nitrogens with one attached hydrogen (secondary N) is 1. The molecule has 13 heteroatoms. The summed E-state index contributed by atoms with van der Waals surface area (Å²) in [5.41, 5.74) is -0.344. The summed E-state index contributed by atoms with van der Waals surface area (Å²) in [6.07, 6.45) is 0.901. The number of nitrogens with two attached hydrogens (primary N) is 1. The number of fused-ring (bicyclic) bond motifs is 1. The molecule has 10 nitrogen and oxygen atoms in total. The van der Waals surface area contributed by atoms with Crippen LogP contribution in [0.2, 0.25) is 0 Å². The molecule has 1 aliphatic rings. The lowest BCUT2D eigenvalue weighted by Crippen LogP contribution is -2.32. The molecule has 1 aromatic carbocycles. The van der Waals surface area contributed by atoms with E-state index in [2.05, 4.69) is 9.50 Å². The van der Waals surface area contributed by atoms with Gasteiger partial charge in [0.2, 0.25) is 10.0 Å². The van der Waals surface area contributed by atoms with Crippen LogP contribution < -0.4 is 10.5 Å². The standard InChI is InChI=1S/C10H13N3O7S3/c1-22(16,17)20-4-6-5-21-9-3-7(23(11,18)19)2-8(13(14)15)10(9)12-6/h2-3,6,12H,4-5H2,1H3,(H2,11,18,19)/t6-/m1/s1. The molecule has 128 valence electrons. The average Bonchev–Trinajstić information content (AvgIpc) is 2.41. The quantitative estimate of drug-likeness (QED) is 0.408. The fourth-order valence-electron chi connectivity index (χ4n) is 1.88. The van der Waals surface area contributed by atoms with Gasteiger partial charge in [-0.3, -0.25) is 14.3 Å². The molecule has 3 N–H and O–H groups in total. The predicted octanol–water partition coefficient (Wildman–Crippen LogP) is 0.105. The fourth-order valence-corrected chi connectivity index (χ4v) is 4.00. The Morgan fingerprint density at radius 1 is 1.43 bits per heavy atom. The van der Waals surface area contributed by atoms with E-state index < -0.39 is 36.8 Å². The molecule has 0 aliphatic carbocycles. The Hall–Kier alpha value is -1.41. The first kappa shape index (κ1) is 17.9. The van der Waals surface area contributed by atoms with Crippen LogP contribution in [0.25, 0.3) is 0 Å². The summed E-state index contributed by atoms with van der Waals surface area (Å²) in [4.78, 5) is 10.4. The molecule has 23 heavy (non-hydrogen) atoms. The van der Waals surface area contributed by atoms with Crippen molar-refractivity contribution >= 4 is 43.3 Å². The molecule has 0 unspecified atom stereocenters. The number of hydrogen-bond acceptors (Lipinski definition) is 9. The van der Waals surface area contributed by atoms with Crippen molar-refractivity contribution in [2.75, 3.05) is 23.9 Å². The highest BCUT2D eigenvalue weighted by atomic mass is 32.2. The van der Waals surface area contributed by atoms with Crippen LogP contribution in [0.3, 0.4) is 0 Å². The molecule has 1 aliphatic heterocycles. The first-order valence-corrected chi connectivity index (χ1v) is 10.4. The van der Waals surface area contributed by atoms with E-state index in [9.17, 15) is 26.9 Å². The SMILES string of the molecule is CS(=O)(=O)OC[C@@H]1CSc2cc(S(N)(=O)=O)cc([N+](=O)[O-])c2N1. The third-order valence-electron chi connectivity index (χ3n) is 2.85. The van der Waals surface area contributed by atoms with Crippen molar-refractivity contribution < 1.29 is 25.9 Å². The number of primary sulfonamides is 1. The first-order valence-electron chi connectivity index (χ1n) is 6.06. The minimum absolute atomic E-state index is 0.112. The van der Waals surface area contributed by atoms with Gasteiger partial charge in [-0.1, -0.05) is 0 Å². The van der Waals surface area contributed by atoms with Crippen LogP contribution in [0.15, 0.2) is 21.9 Å². The van der Waals surface area contributed by atoms with E-state index >= 15 is 0 Å². The van der Waals surface area contributed by atoms with Gasteiger partial charge in [-0.05, 0) is 6.07 Å². The van der Waals surface area contributed by atoms with Gasteiger partial charge in [0.15, 0.2) is 0 Å². The molecule has 1 aromatic rings. The zero-order chi connectivity index (χ0) is 17.4. The highest BCUT2D eigenvalue weighted by molar-refractivity contribution is 7.99. The summed E-state index contributed by atoms with van der Waals surface area (Å²) in [5.74, 6) is 0.341. The van der Waals surface area contributed by atoms with Crippen molar-refractivity contribution in [2.24, 2.45) is 5.14 Å². The molecule has 0 spiro atoms. The maximum atomic E-state index is 11.4. The molecule has 0 radical (unpaired) electrons. The van der Waals surface area contributed by atoms with E-state index in [0.717, 1.165) is 24.1 Å². The van der Waals surface area contributed by atoms with Crippen LogP contribution in [0.4, 0.5) is 11.4 Å². The molecule has 0 bridgehead atoms. The lowest BCUT2D eigenvalue weighted by molar-refractivity contribution is -0.384. The normalized spacial score (nSPS) is 18.1. The van der Waals surface area contributed by atoms with Gasteiger partial charge in [-0.25, -0.2) is 13.6 Å². The summed E-state index contributed by atoms with van der Waals surface area (Å²) >= 11 is 1.15. The summed E-state index contributed by atoms with van der Waals surface area (Å²) in [6.45, 7) is -0.195. The molecule has 0 fully saturated rings. The lowest BCUT2D eigenvalue weighted by Gasteiger charge is -2.26. The van der Waals surface area contributed by atoms with Crippen molar-refractivity contribution in [3.63, 3.8) is 0 Å². The second-order valence-corrected chi connectivity index (χ2v) is 9.03. The fraction of sp³-hybridized carbons (Fsp3) is 0.400. The number of benzene rings is 1. The summed E-state index contributed by atoms with van der Waals surface area (Å²) in [7, 11) is -7.72. The van der Waals surface area contributed by atoms with Crippen molar-refractivity contribution in [2.45, 2.75) is 15.8 Å². The van der Waals surface area contributed by atoms with Crippen LogP contribution in [0, 0.1) is 10.1 Å². The number of rotatable bonds is 5. The molecule has 0 amide bonds. The molecule has 0 saturated heterocycles. The van der Waals surface area contributed by atoms with Gasteiger partial charge in [0.05, 0.1) is 28.7 Å². The Morgan fingerprint density at radius 2 is 2.09 bits per heavy atom. The van der Waals surface area contributed by atoms with Crippen LogP contribution in [-0.4, -0.2) is 46.4 Å². The first-order chi connectivity index (χ1) is 10.5. The van der Waals surface area contributed by atoms with E-state index in [4.69, 9.17) is 5.14 Å². The summed E-state index contributed by atoms with van der Waals surface area (Å²) < 4.78 is 49.5. The van der Waals surface area contributed by atoms with Gasteiger partial charge < -0.3 is 5.32 Å². The van der Waals surface area contributed by atoms with Crippen molar-refractivity contribution in [3.05, 3.63) is 22.2 Å². The Balaban J connectivity index is 2.37. The van der Waals surface area contributed by atoms with Gasteiger partial charge in [0.1, 0.15) is 5.69 Å². The smallest absolute Gasteiger partial charge is 0.294 e. The third kappa shape index (κ3) is 4.54. The molecule has 0 aromatic heterocycles. The van der Waals surface area contributed by atoms with Crippen molar-refractivity contribution in [1.82, 2.24) is 0 Å². The zero-order valence-electron chi connectivity index (χ0n) is 11.8. The van der Waals surface area contributed by atoms with Gasteiger partial charge >= 0.3 is 0 Å². The van der Waals surface area contributed by atoms with E-state index in [1.807, 2.05) is 0 Å². The second-order valence-electron chi connectivity index (χ2n) is 4.76. The highest BCUT2D eigenvalue weighted by Gasteiger charge is 2.29. The number of nitro groups is 1. The van der Waals surface area contributed by atoms with Crippen molar-refractivity contribution in [1.29, 1.82) is 0 Å². The van der Waals surface area contributed by atoms with Gasteiger partial charge in [-0.2, -0.15) is 8.42 Å². The maximum absolute atomic E-state index is 11.4. The summed E-state index contributed by atoms with van der Waals surface area (Å²) in [5, 5.41) is 19.0. The number of thioether (sulfide) groups is 1. The molecule has 2 rings (SSSR count). The monoisotopic (exact) mass is 383 g/mol. The number of anilines is 1. The predicted molar refractivity (Wildman–Crippen MR) is 83.4 cm³/mol. The van der Waals surface area contributed by atoms with E-state index in [1.165, 1.54) is 6.07 Å². The number of sulfonamides is 1. The van der Waals surface area contributed by atoms with Crippen LogP contribution in [0.1, 0.15) is 0 Å². The number of nitrogens with zero attached hydrogens (tertiary/aromatic N) is 1. The van der Waals surface area contributed by atoms with E-state index in [-0.39, 0.29) is 17.2 Å². The molecule has 1 heterocycles. The Kier molecular flexibility index (Phi) is 4.86. The second kappa shape index (κ2) is 6.24. The average molecular weight is 383 g/mol. The minimum atomic E-state index is -4.08. The van der Waals surface area contributed by atoms with E-state index in [1.54, 1.807) is 0 Å². The van der Waals surface area contributed by atoms with Gasteiger partial charge in [-0.15, -0.1) is 11.8 Å². The van der Waals surface area contributed by atoms with Crippen LogP contribution >= 0.6 is 11.8 Å². The maximum Gasteiger partial charge on any atom is 0.294 e. The van der Waals surface area contributed by atoms with Crippen molar-refractivity contribution in [3.8, 4) is 0 Å². The minimum Gasteiger partial charge on any atom is -0.373 e. The number of nitro benzene ring substituents is 1. The topological polar surface area (TPSA) is 159 Å². The highest BCUT2D eigenvalue weighted by Crippen LogP contribution is 2.41. The Labute approximate surface area is 136 Å². The molecular formula is C10H13N3O7S3. The molecule has 0 saturated carbocycles. The Bertz CT molecular complexity index is 851. The lowest BCUT2D eigenvalue weighted by atomic mass is 10.2. The number of hydrogen-bond donors (Lipinski definition) is 2. The summed E-state index contributed by atoms with van der Waals surface area (Å²) in [6, 6.07) is 1.62. The molecule has 1 atom stereocenters. The van der Waals surface area contributed by atoms with Crippen LogP contribution in [0.5, 0.6) is 0 Å². The van der Waals surface area contributed by atoms with Gasteiger partial charge in [0, 0.05) is 16.7 Å². The largest absolute Gasteiger partial charge is 0.373 e. The zero-order valence-corrected chi connectivity index (χ0v) is 14.2.